The topological polar surface area (TPSA) is 107 Å². The number of nitrogens with zero attached hydrogens (tertiary/aromatic N) is 2. The predicted molar refractivity (Wildman–Crippen MR) is 96.5 cm³/mol. The fraction of sp³-hybridized carbons (Fsp3) is 0.353. The number of thiazole rings is 1. The van der Waals surface area contributed by atoms with Gasteiger partial charge in [-0.2, -0.15) is 0 Å². The van der Waals surface area contributed by atoms with Crippen molar-refractivity contribution in [2.24, 2.45) is 5.73 Å². The maximum atomic E-state index is 12.7. The lowest BCUT2D eigenvalue weighted by molar-refractivity contribution is 0.0789. The SMILES string of the molecule is COc1cc(C(=O)N2CC[C@H](NC(N)=O)C2)ccc1OCc1cscn1. The smallest absolute Gasteiger partial charge is 0.312 e. The molecule has 3 rings (SSSR count). The van der Waals surface area contributed by atoms with Gasteiger partial charge in [-0.05, 0) is 24.6 Å². The molecule has 0 aliphatic carbocycles. The van der Waals surface area contributed by atoms with Crippen molar-refractivity contribution in [1.82, 2.24) is 15.2 Å². The average Bonchev–Trinajstić information content (AvgIpc) is 3.30. The molecule has 0 bridgehead atoms. The van der Waals surface area contributed by atoms with Crippen molar-refractivity contribution < 1.29 is 19.1 Å². The van der Waals surface area contributed by atoms with Crippen LogP contribution in [0.2, 0.25) is 0 Å². The molecule has 138 valence electrons. The summed E-state index contributed by atoms with van der Waals surface area (Å²) in [5.41, 5.74) is 8.22. The molecule has 3 amide bonds. The van der Waals surface area contributed by atoms with E-state index in [1.54, 1.807) is 28.6 Å². The Bertz CT molecular complexity index is 781. The number of rotatable bonds is 6. The number of aromatic nitrogens is 1. The first-order valence-corrected chi connectivity index (χ1v) is 9.04. The van der Waals surface area contributed by atoms with Crippen LogP contribution in [0.1, 0.15) is 22.5 Å². The first-order valence-electron chi connectivity index (χ1n) is 8.10. The van der Waals surface area contributed by atoms with E-state index in [4.69, 9.17) is 15.2 Å². The van der Waals surface area contributed by atoms with Crippen LogP contribution in [-0.4, -0.2) is 48.1 Å². The van der Waals surface area contributed by atoms with Gasteiger partial charge in [0.25, 0.3) is 5.91 Å². The van der Waals surface area contributed by atoms with E-state index in [0.717, 1.165) is 5.69 Å². The van der Waals surface area contributed by atoms with Crippen LogP contribution < -0.4 is 20.5 Å². The van der Waals surface area contributed by atoms with Gasteiger partial charge >= 0.3 is 6.03 Å². The minimum atomic E-state index is -0.576. The van der Waals surface area contributed by atoms with Crippen LogP contribution in [0, 0.1) is 0 Å². The van der Waals surface area contributed by atoms with Gasteiger partial charge in [-0.1, -0.05) is 0 Å². The van der Waals surface area contributed by atoms with E-state index in [0.29, 0.717) is 43.2 Å². The van der Waals surface area contributed by atoms with E-state index in [-0.39, 0.29) is 11.9 Å². The van der Waals surface area contributed by atoms with Gasteiger partial charge in [-0.3, -0.25) is 4.79 Å². The Morgan fingerprint density at radius 2 is 2.27 bits per heavy atom. The molecular weight excluding hydrogens is 356 g/mol. The standard InChI is InChI=1S/C17H20N4O4S/c1-24-15-6-11(2-3-14(15)25-8-13-9-26-10-19-13)16(22)21-5-4-12(7-21)20-17(18)23/h2-3,6,9-10,12H,4-5,7-8H2,1H3,(H3,18,20,23)/t12-/m0/s1. The van der Waals surface area contributed by atoms with Gasteiger partial charge in [0.1, 0.15) is 6.61 Å². The quantitative estimate of drug-likeness (QED) is 0.797. The lowest BCUT2D eigenvalue weighted by atomic mass is 10.1. The second-order valence-corrected chi connectivity index (χ2v) is 6.60. The predicted octanol–water partition coefficient (Wildman–Crippen LogP) is 1.61. The molecular formula is C17H20N4O4S. The van der Waals surface area contributed by atoms with E-state index in [9.17, 15) is 9.59 Å². The third-order valence-electron chi connectivity index (χ3n) is 4.09. The van der Waals surface area contributed by atoms with E-state index in [1.165, 1.54) is 18.4 Å². The monoisotopic (exact) mass is 376 g/mol. The Labute approximate surface area is 154 Å². The summed E-state index contributed by atoms with van der Waals surface area (Å²) in [6, 6.07) is 4.39. The Balaban J connectivity index is 1.66. The minimum absolute atomic E-state index is 0.112. The number of carbonyl (C=O) groups is 2. The van der Waals surface area contributed by atoms with Crippen molar-refractivity contribution in [3.63, 3.8) is 0 Å². The largest absolute Gasteiger partial charge is 0.493 e. The molecule has 8 nitrogen and oxygen atoms in total. The number of ether oxygens (including phenoxy) is 2. The van der Waals surface area contributed by atoms with Crippen LogP contribution in [-0.2, 0) is 6.61 Å². The van der Waals surface area contributed by atoms with Crippen LogP contribution >= 0.6 is 11.3 Å². The summed E-state index contributed by atoms with van der Waals surface area (Å²) in [6.07, 6.45) is 0.681. The summed E-state index contributed by atoms with van der Waals surface area (Å²) in [6.45, 7) is 1.33. The van der Waals surface area contributed by atoms with Gasteiger partial charge in [0.2, 0.25) is 0 Å². The lowest BCUT2D eigenvalue weighted by Gasteiger charge is -2.18. The van der Waals surface area contributed by atoms with Crippen molar-refractivity contribution in [3.05, 3.63) is 40.3 Å². The second-order valence-electron chi connectivity index (χ2n) is 5.88. The second kappa shape index (κ2) is 8.05. The van der Waals surface area contributed by atoms with Gasteiger partial charge in [0.15, 0.2) is 11.5 Å². The van der Waals surface area contributed by atoms with Crippen molar-refractivity contribution in [2.45, 2.75) is 19.1 Å². The lowest BCUT2D eigenvalue weighted by Crippen LogP contribution is -2.41. The van der Waals surface area contributed by atoms with Crippen molar-refractivity contribution in [2.75, 3.05) is 20.2 Å². The zero-order valence-electron chi connectivity index (χ0n) is 14.3. The van der Waals surface area contributed by atoms with Crippen molar-refractivity contribution in [3.8, 4) is 11.5 Å². The van der Waals surface area contributed by atoms with Crippen molar-refractivity contribution >= 4 is 23.3 Å². The minimum Gasteiger partial charge on any atom is -0.493 e. The molecule has 1 fully saturated rings. The Morgan fingerprint density at radius 3 is 2.96 bits per heavy atom. The number of primary amides is 1. The number of urea groups is 1. The molecule has 2 heterocycles. The number of hydrogen-bond donors (Lipinski definition) is 2. The number of carbonyl (C=O) groups excluding carboxylic acids is 2. The molecule has 1 aliphatic heterocycles. The molecule has 3 N–H and O–H groups in total. The highest BCUT2D eigenvalue weighted by molar-refractivity contribution is 7.07. The highest BCUT2D eigenvalue weighted by atomic mass is 32.1. The van der Waals surface area contributed by atoms with Crippen molar-refractivity contribution in [1.29, 1.82) is 0 Å². The zero-order chi connectivity index (χ0) is 18.5. The number of nitrogens with one attached hydrogen (secondary N) is 1. The summed E-state index contributed by atoms with van der Waals surface area (Å²) in [5, 5.41) is 4.55. The number of likely N-dealkylation sites (tertiary alicyclic amines) is 1. The molecule has 1 aromatic carbocycles. The number of methoxy groups -OCH3 is 1. The summed E-state index contributed by atoms with van der Waals surface area (Å²) in [4.78, 5) is 29.5. The first-order chi connectivity index (χ1) is 12.6. The summed E-state index contributed by atoms with van der Waals surface area (Å²) < 4.78 is 11.1. The van der Waals surface area contributed by atoms with Gasteiger partial charge in [-0.15, -0.1) is 11.3 Å². The maximum Gasteiger partial charge on any atom is 0.312 e. The maximum absolute atomic E-state index is 12.7. The van der Waals surface area contributed by atoms with Gasteiger partial charge in [0.05, 0.1) is 18.3 Å². The highest BCUT2D eigenvalue weighted by Crippen LogP contribution is 2.29. The summed E-state index contributed by atoms with van der Waals surface area (Å²) in [7, 11) is 1.53. The summed E-state index contributed by atoms with van der Waals surface area (Å²) >= 11 is 1.50. The number of nitrogens with two attached hydrogens (primary N) is 1. The van der Waals surface area contributed by atoms with Crippen LogP contribution in [0.15, 0.2) is 29.1 Å². The number of hydrogen-bond acceptors (Lipinski definition) is 6. The van der Waals surface area contributed by atoms with Crippen LogP contribution in [0.4, 0.5) is 4.79 Å². The third kappa shape index (κ3) is 4.23. The Kier molecular flexibility index (Phi) is 5.57. The van der Waals surface area contributed by atoms with Gasteiger partial charge in [-0.25, -0.2) is 9.78 Å². The molecule has 1 atom stereocenters. The molecule has 1 aliphatic rings. The number of benzene rings is 1. The molecule has 0 saturated carbocycles. The summed E-state index contributed by atoms with van der Waals surface area (Å²) in [5.74, 6) is 0.909. The van der Waals surface area contributed by atoms with E-state index >= 15 is 0 Å². The zero-order valence-corrected chi connectivity index (χ0v) is 15.1. The average molecular weight is 376 g/mol. The molecule has 0 unspecified atom stereocenters. The highest BCUT2D eigenvalue weighted by Gasteiger charge is 2.28. The van der Waals surface area contributed by atoms with Crippen LogP contribution in [0.5, 0.6) is 11.5 Å². The first kappa shape index (κ1) is 18.0. The molecule has 26 heavy (non-hydrogen) atoms. The number of amides is 3. The van der Waals surface area contributed by atoms with E-state index in [1.807, 2.05) is 5.38 Å². The van der Waals surface area contributed by atoms with Crippen LogP contribution in [0.25, 0.3) is 0 Å². The Hall–Kier alpha value is -2.81. The Morgan fingerprint density at radius 1 is 1.42 bits per heavy atom. The van der Waals surface area contributed by atoms with Gasteiger partial charge in [0, 0.05) is 30.1 Å². The van der Waals surface area contributed by atoms with E-state index < -0.39 is 6.03 Å². The van der Waals surface area contributed by atoms with Gasteiger partial charge < -0.3 is 25.4 Å². The molecule has 1 aromatic heterocycles. The molecule has 1 saturated heterocycles. The molecule has 0 radical (unpaired) electrons. The molecule has 2 aromatic rings. The molecule has 9 heteroatoms. The van der Waals surface area contributed by atoms with Crippen LogP contribution in [0.3, 0.4) is 0 Å². The van der Waals surface area contributed by atoms with E-state index in [2.05, 4.69) is 10.3 Å². The fourth-order valence-electron chi connectivity index (χ4n) is 2.83. The third-order valence-corrected chi connectivity index (χ3v) is 4.73. The molecule has 0 spiro atoms. The normalized spacial score (nSPS) is 16.3. The fourth-order valence-corrected chi connectivity index (χ4v) is 3.37.